The smallest absolute Gasteiger partial charge is 0.544 e. The molecule has 4 fully saturated rings. The number of carbonyl (C=O) groups excluding carboxylic acids is 1. The van der Waals surface area contributed by atoms with E-state index in [1.165, 1.54) is 19.1 Å². The summed E-state index contributed by atoms with van der Waals surface area (Å²) in [4.78, 5) is 33.4. The molecule has 0 bridgehead atoms. The first-order valence-corrected chi connectivity index (χ1v) is 20.8. The third-order valence-electron chi connectivity index (χ3n) is 12.0. The van der Waals surface area contributed by atoms with Crippen molar-refractivity contribution in [2.75, 3.05) is 26.4 Å². The first kappa shape index (κ1) is 61.6. The van der Waals surface area contributed by atoms with Crippen molar-refractivity contribution in [1.29, 1.82) is 0 Å². The molecule has 1 aromatic carbocycles. The molecule has 4 saturated heterocycles. The molecule has 8 unspecified atom stereocenters. The number of alkyl halides is 3. The van der Waals surface area contributed by atoms with Gasteiger partial charge in [0.2, 0.25) is 6.29 Å². The van der Waals surface area contributed by atoms with Gasteiger partial charge in [0.05, 0.1) is 55.8 Å². The maximum atomic E-state index is 15.7. The van der Waals surface area contributed by atoms with Gasteiger partial charge in [-0.25, -0.2) is 18.0 Å². The minimum atomic E-state index is -3.94. The van der Waals surface area contributed by atoms with E-state index in [2.05, 4.69) is 4.74 Å². The molecule has 0 amide bonds. The molecule has 28 nitrogen and oxygen atoms in total. The summed E-state index contributed by atoms with van der Waals surface area (Å²) in [5, 5.41) is 172. The molecule has 0 saturated carbocycles. The molecule has 0 radical (unpaired) electrons. The summed E-state index contributed by atoms with van der Waals surface area (Å²) >= 11 is 0. The number of aliphatic hydroxyl groups excluding tert-OH is 14. The molecule has 70 heavy (non-hydrogen) atoms. The zero-order valence-corrected chi connectivity index (χ0v) is 39.0. The Morgan fingerprint density at radius 3 is 1.67 bits per heavy atom. The molecular weight excluding hydrogens is 982 g/mol. The Labute approximate surface area is 414 Å². The first-order valence-electron chi connectivity index (χ1n) is 20.8. The number of non-ortho nitro benzene ring substituents is 1. The van der Waals surface area contributed by atoms with Crippen molar-refractivity contribution >= 4 is 17.6 Å². The minimum absolute atomic E-state index is 0. The molecule has 396 valence electrons. The van der Waals surface area contributed by atoms with Crippen LogP contribution in [-0.4, -0.2) is 254 Å². The van der Waals surface area contributed by atoms with Gasteiger partial charge in [0, 0.05) is 24.0 Å². The van der Waals surface area contributed by atoms with Crippen LogP contribution in [-0.2, 0) is 38.0 Å². The Kier molecular flexibility index (Phi) is 22.5. The average Bonchev–Trinajstić information content (AvgIpc) is 3.32. The number of rotatable bonds is 17. The van der Waals surface area contributed by atoms with Crippen LogP contribution in [0.3, 0.4) is 0 Å². The van der Waals surface area contributed by atoms with Crippen molar-refractivity contribution in [2.45, 2.75) is 148 Å². The fourth-order valence-electron chi connectivity index (χ4n) is 7.76. The van der Waals surface area contributed by atoms with Gasteiger partial charge < -0.3 is 120 Å². The molecule has 4 aliphatic heterocycles. The molecule has 15 N–H and O–H groups in total. The van der Waals surface area contributed by atoms with E-state index >= 15 is 4.39 Å². The molecule has 24 atom stereocenters. The van der Waals surface area contributed by atoms with Crippen LogP contribution in [0.4, 0.5) is 18.9 Å². The van der Waals surface area contributed by atoms with Crippen LogP contribution in [0, 0.1) is 22.0 Å². The van der Waals surface area contributed by atoms with Crippen molar-refractivity contribution in [3.8, 4) is 5.75 Å². The molecule has 0 aliphatic carbocycles. The van der Waals surface area contributed by atoms with Crippen LogP contribution in [0.2, 0.25) is 0 Å². The van der Waals surface area contributed by atoms with Crippen LogP contribution >= 0.6 is 0 Å². The predicted molar refractivity (Wildman–Crippen MR) is 206 cm³/mol. The van der Waals surface area contributed by atoms with Gasteiger partial charge in [-0.1, -0.05) is 13.8 Å². The summed E-state index contributed by atoms with van der Waals surface area (Å²) in [6.45, 7) is -1.64. The standard InChI is InChI=1S/C28H40FNO20.C10H16F2O7.Na/c1-9-15(35)24(29)28(27(41)42,49-21(9)16(36)12(34)6-31)50-23-17(37)13(7-32)46-26(20(23)40)48-22-14(8-33)47-25(19(39)18(22)38)45-11-4-2-10(3-5-11)30(43)44;1-3-5(15)8(11)10(12,9(17)18)19-7(3)6(16)4(14)2-13;/h2-5,9,12-26,31-40H,6-8H2,1H3,(H,41,42);3-8,13-16H,2H2,1H3,(H,17,18);/q;;+1/p-1/t9-,12-,13?,14?,15+,16-,17+,18-,19?,20?,21?,22-,23+,24?,25-,26+,28+;3-,4-,5+,6-,7?,8?,10-;/m11./s1. The number of benzene rings is 1. The Hall–Kier alpha value is -2.65. The number of hydrogen-bond acceptors (Lipinski definition) is 26. The third kappa shape index (κ3) is 12.6. The molecule has 32 heteroatoms. The van der Waals surface area contributed by atoms with E-state index in [1.54, 1.807) is 0 Å². The number of carbonyl (C=O) groups is 2. The van der Waals surface area contributed by atoms with Gasteiger partial charge in [0.15, 0.2) is 18.6 Å². The second-order valence-electron chi connectivity index (χ2n) is 16.5. The van der Waals surface area contributed by atoms with Crippen LogP contribution in [0.1, 0.15) is 13.8 Å². The fourth-order valence-corrected chi connectivity index (χ4v) is 7.76. The van der Waals surface area contributed by atoms with Crippen molar-refractivity contribution in [3.63, 3.8) is 0 Å². The number of nitro benzene ring substituents is 1. The van der Waals surface area contributed by atoms with Crippen molar-refractivity contribution in [1.82, 2.24) is 0 Å². The number of aliphatic carboxylic acids is 2. The van der Waals surface area contributed by atoms with Crippen LogP contribution in [0.15, 0.2) is 24.3 Å². The van der Waals surface area contributed by atoms with Gasteiger partial charge in [-0.3, -0.25) is 10.1 Å². The zero-order valence-electron chi connectivity index (χ0n) is 37.0. The van der Waals surface area contributed by atoms with E-state index in [0.717, 1.165) is 19.1 Å². The molecule has 4 aliphatic rings. The maximum Gasteiger partial charge on any atom is 1.00 e. The Balaban J connectivity index is 0.000000544. The number of ether oxygens (including phenoxy) is 7. The topological polar surface area (TPSA) is 468 Å². The first-order chi connectivity index (χ1) is 32.2. The SMILES string of the molecule is C[C@H]1C([C@H](O)[C@H](O)CO)O[C@@](F)(C(=O)[O-])C(F)[C@H]1O.C[C@H]1C([C@H](O)[C@H](O)CO)O[C@@](O[C@@H]2C(O)[C@H](O[C@@H]3C(CO)O[C@@H](Oc4ccc([N+](=O)[O-])cc4)C(O)[C@H]3O)OC(CO)[C@@H]2O)(C(=O)O)C(F)[C@H]1O.[Na+]. The number of nitrogens with zero attached hydrogens (tertiary/aromatic N) is 1. The molecule has 1 aromatic rings. The van der Waals surface area contributed by atoms with Gasteiger partial charge >= 0.3 is 41.3 Å². The number of carboxylic acids is 2. The molecule has 0 aromatic heterocycles. The van der Waals surface area contributed by atoms with Crippen LogP contribution < -0.4 is 39.4 Å². The van der Waals surface area contributed by atoms with E-state index in [0.29, 0.717) is 0 Å². The minimum Gasteiger partial charge on any atom is -0.544 e. The Bertz CT molecular complexity index is 1850. The van der Waals surface area contributed by atoms with E-state index in [1.807, 2.05) is 0 Å². The summed E-state index contributed by atoms with van der Waals surface area (Å²) in [5.74, 6) is -15.0. The molecule has 4 heterocycles. The van der Waals surface area contributed by atoms with Crippen LogP contribution in [0.5, 0.6) is 5.75 Å². The van der Waals surface area contributed by atoms with Gasteiger partial charge in [0.1, 0.15) is 85.0 Å². The molecular formula is C38H55F3NNaO27. The van der Waals surface area contributed by atoms with E-state index < -0.39 is 189 Å². The van der Waals surface area contributed by atoms with Gasteiger partial charge in [-0.05, 0) is 12.1 Å². The van der Waals surface area contributed by atoms with E-state index in [9.17, 15) is 105 Å². The quantitative estimate of drug-likeness (QED) is 0.0391. The largest absolute Gasteiger partial charge is 1.00 e. The number of nitro groups is 1. The Morgan fingerprint density at radius 2 is 1.21 bits per heavy atom. The summed E-state index contributed by atoms with van der Waals surface area (Å²) < 4.78 is 79.9. The number of aliphatic hydroxyl groups is 14. The second-order valence-corrected chi connectivity index (χ2v) is 16.5. The summed E-state index contributed by atoms with van der Waals surface area (Å²) in [6, 6.07) is 4.51. The van der Waals surface area contributed by atoms with E-state index in [-0.39, 0.29) is 41.0 Å². The summed E-state index contributed by atoms with van der Waals surface area (Å²) in [5.41, 5.74) is -0.279. The number of halogens is 3. The van der Waals surface area contributed by atoms with Crippen molar-refractivity contribution in [3.05, 3.63) is 34.4 Å². The maximum absolute atomic E-state index is 15.7. The zero-order chi connectivity index (χ0) is 52.2. The summed E-state index contributed by atoms with van der Waals surface area (Å²) in [6.07, 6.45) is -41.3. The molecule has 0 spiro atoms. The predicted octanol–water partition coefficient (Wildman–Crippen LogP) is -11.3. The van der Waals surface area contributed by atoms with Gasteiger partial charge in [-0.15, -0.1) is 0 Å². The molecule has 5 rings (SSSR count). The van der Waals surface area contributed by atoms with Crippen LogP contribution in [0.25, 0.3) is 0 Å². The van der Waals surface area contributed by atoms with Gasteiger partial charge in [-0.2, -0.15) is 0 Å². The summed E-state index contributed by atoms with van der Waals surface area (Å²) in [7, 11) is 0. The normalized spacial score (nSPS) is 41.6. The van der Waals surface area contributed by atoms with Crippen molar-refractivity contribution < 1.29 is 172 Å². The monoisotopic (exact) mass is 1040 g/mol. The van der Waals surface area contributed by atoms with Gasteiger partial charge in [0.25, 0.3) is 11.5 Å². The second kappa shape index (κ2) is 25.5. The average molecular weight is 1040 g/mol. The van der Waals surface area contributed by atoms with E-state index in [4.69, 9.17) is 33.5 Å². The number of hydrogen-bond donors (Lipinski definition) is 15. The fraction of sp³-hybridized carbons (Fsp3) is 0.789. The Morgan fingerprint density at radius 1 is 0.729 bits per heavy atom. The number of carboxylic acid groups (broad SMARTS) is 2. The van der Waals surface area contributed by atoms with Crippen molar-refractivity contribution in [2.24, 2.45) is 11.8 Å². The third-order valence-corrected chi connectivity index (χ3v) is 12.0.